The molecule has 0 aliphatic rings. The van der Waals surface area contributed by atoms with Crippen LogP contribution in [0.5, 0.6) is 5.75 Å². The van der Waals surface area contributed by atoms with E-state index in [0.717, 1.165) is 22.9 Å². The summed E-state index contributed by atoms with van der Waals surface area (Å²) in [6, 6.07) is 10.6. The van der Waals surface area contributed by atoms with E-state index in [1.165, 1.54) is 0 Å². The summed E-state index contributed by atoms with van der Waals surface area (Å²) in [6.07, 6.45) is 0.754. The number of fused-ring (bicyclic) bond motifs is 1. The SMILES string of the molecule is CC[C@H](C)NS(=O)(=O)c1ccc2cc(OC)ccc2c1. The molecule has 0 aliphatic heterocycles. The van der Waals surface area contributed by atoms with Gasteiger partial charge in [0, 0.05) is 6.04 Å². The van der Waals surface area contributed by atoms with Crippen molar-refractivity contribution < 1.29 is 13.2 Å². The topological polar surface area (TPSA) is 55.4 Å². The van der Waals surface area contributed by atoms with E-state index in [4.69, 9.17) is 4.74 Å². The molecule has 2 aromatic rings. The molecule has 1 atom stereocenters. The zero-order valence-corrected chi connectivity index (χ0v) is 12.7. The van der Waals surface area contributed by atoms with E-state index in [0.29, 0.717) is 0 Å². The molecule has 5 heteroatoms. The van der Waals surface area contributed by atoms with E-state index in [1.807, 2.05) is 32.0 Å². The highest BCUT2D eigenvalue weighted by Gasteiger charge is 2.16. The zero-order chi connectivity index (χ0) is 14.8. The highest BCUT2D eigenvalue weighted by molar-refractivity contribution is 7.89. The second-order valence-electron chi connectivity index (χ2n) is 4.81. The quantitative estimate of drug-likeness (QED) is 0.922. The Bertz CT molecular complexity index is 710. The van der Waals surface area contributed by atoms with Gasteiger partial charge in [0.15, 0.2) is 0 Å². The summed E-state index contributed by atoms with van der Waals surface area (Å²) in [4.78, 5) is 0.287. The minimum absolute atomic E-state index is 0.0773. The minimum Gasteiger partial charge on any atom is -0.497 e. The second kappa shape index (κ2) is 5.81. The molecule has 0 saturated heterocycles. The normalized spacial score (nSPS) is 13.3. The maximum atomic E-state index is 12.2. The van der Waals surface area contributed by atoms with Crippen molar-refractivity contribution in [2.45, 2.75) is 31.2 Å². The lowest BCUT2D eigenvalue weighted by molar-refractivity contribution is 0.415. The Morgan fingerprint density at radius 2 is 1.80 bits per heavy atom. The fraction of sp³-hybridized carbons (Fsp3) is 0.333. The average molecular weight is 293 g/mol. The van der Waals surface area contributed by atoms with Gasteiger partial charge < -0.3 is 4.74 Å². The van der Waals surface area contributed by atoms with Gasteiger partial charge in [0.1, 0.15) is 5.75 Å². The van der Waals surface area contributed by atoms with Crippen LogP contribution in [0.3, 0.4) is 0 Å². The molecule has 0 fully saturated rings. The first-order valence-electron chi connectivity index (χ1n) is 6.56. The first-order valence-corrected chi connectivity index (χ1v) is 8.04. The van der Waals surface area contributed by atoms with Gasteiger partial charge in [0.25, 0.3) is 0 Å². The van der Waals surface area contributed by atoms with Crippen molar-refractivity contribution >= 4 is 20.8 Å². The molecular formula is C15H19NO3S. The van der Waals surface area contributed by atoms with Crippen molar-refractivity contribution in [2.24, 2.45) is 0 Å². The second-order valence-corrected chi connectivity index (χ2v) is 6.52. The summed E-state index contributed by atoms with van der Waals surface area (Å²) in [6.45, 7) is 3.79. The van der Waals surface area contributed by atoms with Gasteiger partial charge in [-0.1, -0.05) is 19.1 Å². The number of ether oxygens (including phenoxy) is 1. The molecule has 2 rings (SSSR count). The Kier molecular flexibility index (Phi) is 4.30. The Balaban J connectivity index is 2.41. The molecule has 0 spiro atoms. The molecule has 0 heterocycles. The van der Waals surface area contributed by atoms with E-state index < -0.39 is 10.0 Å². The van der Waals surface area contributed by atoms with Crippen LogP contribution in [-0.2, 0) is 10.0 Å². The highest BCUT2D eigenvalue weighted by atomic mass is 32.2. The van der Waals surface area contributed by atoms with Crippen LogP contribution in [0.4, 0.5) is 0 Å². The van der Waals surface area contributed by atoms with Crippen molar-refractivity contribution in [3.63, 3.8) is 0 Å². The first-order chi connectivity index (χ1) is 9.46. The summed E-state index contributed by atoms with van der Waals surface area (Å²) in [5, 5.41) is 1.82. The number of nitrogens with one attached hydrogen (secondary N) is 1. The van der Waals surface area contributed by atoms with E-state index >= 15 is 0 Å². The van der Waals surface area contributed by atoms with Crippen LogP contribution in [0.2, 0.25) is 0 Å². The van der Waals surface area contributed by atoms with E-state index in [-0.39, 0.29) is 10.9 Å². The Morgan fingerprint density at radius 3 is 2.45 bits per heavy atom. The zero-order valence-electron chi connectivity index (χ0n) is 11.9. The third kappa shape index (κ3) is 3.11. The largest absolute Gasteiger partial charge is 0.497 e. The predicted octanol–water partition coefficient (Wildman–Crippen LogP) is 2.93. The Labute approximate surface area is 119 Å². The summed E-state index contributed by atoms with van der Waals surface area (Å²) in [5.41, 5.74) is 0. The molecule has 0 aromatic heterocycles. The van der Waals surface area contributed by atoms with Gasteiger partial charge in [0.05, 0.1) is 12.0 Å². The van der Waals surface area contributed by atoms with Crippen LogP contribution in [0.25, 0.3) is 10.8 Å². The van der Waals surface area contributed by atoms with Crippen LogP contribution in [0.15, 0.2) is 41.3 Å². The maximum Gasteiger partial charge on any atom is 0.240 e. The molecule has 0 saturated carbocycles. The molecule has 0 bridgehead atoms. The van der Waals surface area contributed by atoms with Gasteiger partial charge in [-0.2, -0.15) is 0 Å². The summed E-state index contributed by atoms with van der Waals surface area (Å²) >= 11 is 0. The lowest BCUT2D eigenvalue weighted by atomic mass is 10.1. The molecule has 0 amide bonds. The van der Waals surface area contributed by atoms with Crippen molar-refractivity contribution in [3.8, 4) is 5.75 Å². The molecule has 0 aliphatic carbocycles. The number of sulfonamides is 1. The van der Waals surface area contributed by atoms with Crippen molar-refractivity contribution in [2.75, 3.05) is 7.11 Å². The summed E-state index contributed by atoms with van der Waals surface area (Å²) in [7, 11) is -1.85. The van der Waals surface area contributed by atoms with E-state index in [1.54, 1.807) is 25.3 Å². The predicted molar refractivity (Wildman–Crippen MR) is 80.6 cm³/mol. The fourth-order valence-corrected chi connectivity index (χ4v) is 3.27. The first kappa shape index (κ1) is 14.8. The Morgan fingerprint density at radius 1 is 1.15 bits per heavy atom. The van der Waals surface area contributed by atoms with E-state index in [9.17, 15) is 8.42 Å². The smallest absolute Gasteiger partial charge is 0.240 e. The van der Waals surface area contributed by atoms with Gasteiger partial charge in [-0.05, 0) is 48.4 Å². The molecule has 0 radical (unpaired) electrons. The van der Waals surface area contributed by atoms with Crippen LogP contribution >= 0.6 is 0 Å². The lowest BCUT2D eigenvalue weighted by Crippen LogP contribution is -2.31. The third-order valence-corrected chi connectivity index (χ3v) is 4.89. The third-order valence-electron chi connectivity index (χ3n) is 3.30. The standard InChI is InChI=1S/C15H19NO3S/c1-4-11(2)16-20(17,18)15-8-6-12-9-14(19-3)7-5-13(12)10-15/h5-11,16H,4H2,1-3H3/t11-/m0/s1. The van der Waals surface area contributed by atoms with Crippen molar-refractivity contribution in [1.82, 2.24) is 4.72 Å². The fourth-order valence-electron chi connectivity index (χ4n) is 1.91. The van der Waals surface area contributed by atoms with Crippen LogP contribution < -0.4 is 9.46 Å². The lowest BCUT2D eigenvalue weighted by Gasteiger charge is -2.12. The maximum absolute atomic E-state index is 12.2. The number of hydrogen-bond donors (Lipinski definition) is 1. The van der Waals surface area contributed by atoms with Crippen molar-refractivity contribution in [3.05, 3.63) is 36.4 Å². The molecule has 4 nitrogen and oxygen atoms in total. The summed E-state index contributed by atoms with van der Waals surface area (Å²) in [5.74, 6) is 0.755. The molecule has 20 heavy (non-hydrogen) atoms. The van der Waals surface area contributed by atoms with Gasteiger partial charge in [0.2, 0.25) is 10.0 Å². The Hall–Kier alpha value is -1.59. The van der Waals surface area contributed by atoms with Crippen LogP contribution in [0.1, 0.15) is 20.3 Å². The molecule has 1 N–H and O–H groups in total. The number of benzene rings is 2. The summed E-state index contributed by atoms with van der Waals surface area (Å²) < 4.78 is 32.3. The number of hydrogen-bond acceptors (Lipinski definition) is 3. The highest BCUT2D eigenvalue weighted by Crippen LogP contribution is 2.23. The van der Waals surface area contributed by atoms with Gasteiger partial charge in [-0.3, -0.25) is 0 Å². The molecule has 2 aromatic carbocycles. The van der Waals surface area contributed by atoms with Gasteiger partial charge in [-0.15, -0.1) is 0 Å². The van der Waals surface area contributed by atoms with E-state index in [2.05, 4.69) is 4.72 Å². The number of rotatable bonds is 5. The van der Waals surface area contributed by atoms with Crippen molar-refractivity contribution in [1.29, 1.82) is 0 Å². The average Bonchev–Trinajstić information content (AvgIpc) is 2.45. The van der Waals surface area contributed by atoms with Crippen LogP contribution in [0, 0.1) is 0 Å². The minimum atomic E-state index is -3.46. The number of methoxy groups -OCH3 is 1. The monoisotopic (exact) mass is 293 g/mol. The van der Waals surface area contributed by atoms with Crippen LogP contribution in [-0.4, -0.2) is 21.6 Å². The molecule has 108 valence electrons. The molecule has 0 unspecified atom stereocenters. The van der Waals surface area contributed by atoms with Gasteiger partial charge >= 0.3 is 0 Å². The molecular weight excluding hydrogens is 274 g/mol. The van der Waals surface area contributed by atoms with Gasteiger partial charge in [-0.25, -0.2) is 13.1 Å².